The molecule has 1 saturated carbocycles. The van der Waals surface area contributed by atoms with Crippen LogP contribution in [0.5, 0.6) is 0 Å². The zero-order valence-electron chi connectivity index (χ0n) is 22.5. The Morgan fingerprint density at radius 1 is 1.22 bits per heavy atom. The van der Waals surface area contributed by atoms with Crippen molar-refractivity contribution in [2.45, 2.75) is 43.7 Å². The number of hydrazine groups is 1. The van der Waals surface area contributed by atoms with Crippen LogP contribution in [0, 0.1) is 28.8 Å². The second-order valence-electron chi connectivity index (χ2n) is 10.7. The second kappa shape index (κ2) is 11.3. The van der Waals surface area contributed by atoms with Gasteiger partial charge in [-0.2, -0.15) is 5.26 Å². The van der Waals surface area contributed by atoms with Gasteiger partial charge in [0, 0.05) is 42.2 Å². The van der Waals surface area contributed by atoms with Gasteiger partial charge >= 0.3 is 0 Å². The molecule has 0 bridgehead atoms. The number of benzene rings is 2. The molecule has 1 unspecified atom stereocenters. The van der Waals surface area contributed by atoms with Gasteiger partial charge in [0.15, 0.2) is 11.6 Å². The quantitative estimate of drug-likeness (QED) is 0.240. The first-order valence-electron chi connectivity index (χ1n) is 13.4. The Balaban J connectivity index is 1.62. The van der Waals surface area contributed by atoms with Crippen LogP contribution >= 0.6 is 11.3 Å². The molecule has 1 aromatic heterocycles. The van der Waals surface area contributed by atoms with Crippen molar-refractivity contribution < 1.29 is 23.1 Å². The first kappa shape index (κ1) is 28.9. The first-order chi connectivity index (χ1) is 19.5. The predicted molar refractivity (Wildman–Crippen MR) is 153 cm³/mol. The minimum Gasteiger partial charge on any atom is -0.397 e. The summed E-state index contributed by atoms with van der Waals surface area (Å²) in [5.74, 6) is -3.52. The molecule has 2 heterocycles. The normalized spacial score (nSPS) is 18.1. The van der Waals surface area contributed by atoms with Crippen molar-refractivity contribution in [2.75, 3.05) is 37.4 Å². The molecule has 5 rings (SSSR count). The lowest BCUT2D eigenvalue weighted by Gasteiger charge is -2.41. The summed E-state index contributed by atoms with van der Waals surface area (Å²) in [6.07, 6.45) is 3.44. The fourth-order valence-electron chi connectivity index (χ4n) is 5.42. The molecule has 1 aliphatic carbocycles. The molecule has 8 nitrogen and oxygen atoms in total. The highest BCUT2D eigenvalue weighted by molar-refractivity contribution is 7.18. The second-order valence-corrected chi connectivity index (χ2v) is 11.7. The summed E-state index contributed by atoms with van der Waals surface area (Å²) < 4.78 is 46.3. The van der Waals surface area contributed by atoms with Crippen LogP contribution in [0.15, 0.2) is 30.3 Å². The Hall–Kier alpha value is -3.63. The summed E-state index contributed by atoms with van der Waals surface area (Å²) in [5, 5.41) is 21.1. The van der Waals surface area contributed by atoms with Crippen LogP contribution in [-0.4, -0.2) is 54.2 Å². The van der Waals surface area contributed by atoms with E-state index in [1.807, 2.05) is 0 Å². The summed E-state index contributed by atoms with van der Waals surface area (Å²) >= 11 is 0.950. The van der Waals surface area contributed by atoms with Crippen molar-refractivity contribution in [3.05, 3.63) is 58.2 Å². The van der Waals surface area contributed by atoms with Gasteiger partial charge in [-0.15, -0.1) is 11.3 Å². The Morgan fingerprint density at radius 3 is 2.59 bits per heavy atom. The van der Waals surface area contributed by atoms with E-state index in [0.29, 0.717) is 31.5 Å². The minimum absolute atomic E-state index is 0.00873. The molecule has 2 aliphatic rings. The average molecular weight is 585 g/mol. The van der Waals surface area contributed by atoms with Crippen LogP contribution < -0.4 is 21.9 Å². The molecule has 0 radical (unpaired) electrons. The lowest BCUT2D eigenvalue weighted by molar-refractivity contribution is -0.0269. The number of aliphatic hydroxyl groups is 1. The number of nitrogens with zero attached hydrogens (tertiary/aromatic N) is 3. The molecule has 216 valence electrons. The number of hydrogen-bond donors (Lipinski definition) is 4. The first-order valence-corrected chi connectivity index (χ1v) is 14.2. The Morgan fingerprint density at radius 2 is 1.98 bits per heavy atom. The molecule has 6 N–H and O–H groups in total. The van der Waals surface area contributed by atoms with Crippen molar-refractivity contribution in [1.29, 1.82) is 5.26 Å². The minimum atomic E-state index is -1.22. The van der Waals surface area contributed by atoms with E-state index in [9.17, 15) is 14.3 Å². The van der Waals surface area contributed by atoms with E-state index in [1.165, 1.54) is 36.3 Å². The molecule has 1 amide bonds. The highest BCUT2D eigenvalue weighted by Gasteiger charge is 2.38. The fourth-order valence-corrected chi connectivity index (χ4v) is 6.58. The summed E-state index contributed by atoms with van der Waals surface area (Å²) in [6, 6.07) is 8.32. The molecule has 12 heteroatoms. The van der Waals surface area contributed by atoms with Gasteiger partial charge < -0.3 is 26.5 Å². The van der Waals surface area contributed by atoms with Crippen molar-refractivity contribution in [1.82, 2.24) is 10.3 Å². The topological polar surface area (TPSA) is 132 Å². The molecule has 1 atom stereocenters. The third kappa shape index (κ3) is 5.50. The summed E-state index contributed by atoms with van der Waals surface area (Å²) in [5.41, 5.74) is 14.0. The SMILES string of the molecule is CNN(CC1(O)CCC1)c1c(N)cc(-c2sc(C(=O)N3CCCC(N)C3)cc2-c2ccc(C#N)c(F)c2)c(F)c1F. The number of nitriles is 1. The van der Waals surface area contributed by atoms with Gasteiger partial charge in [0.1, 0.15) is 17.6 Å². The Bertz CT molecular complexity index is 1530. The number of likely N-dealkylation sites (tertiary alicyclic amines) is 1. The van der Waals surface area contributed by atoms with Crippen molar-refractivity contribution in [3.8, 4) is 27.6 Å². The highest BCUT2D eigenvalue weighted by atomic mass is 32.1. The van der Waals surface area contributed by atoms with E-state index in [0.717, 1.165) is 36.7 Å². The van der Waals surface area contributed by atoms with E-state index in [2.05, 4.69) is 5.43 Å². The van der Waals surface area contributed by atoms with Gasteiger partial charge in [-0.25, -0.2) is 18.6 Å². The number of piperidine rings is 1. The number of nitrogens with one attached hydrogen (secondary N) is 1. The van der Waals surface area contributed by atoms with Gasteiger partial charge in [0.2, 0.25) is 0 Å². The van der Waals surface area contributed by atoms with E-state index < -0.39 is 23.1 Å². The average Bonchev–Trinajstić information content (AvgIpc) is 3.38. The maximum absolute atomic E-state index is 15.9. The number of carbonyl (C=O) groups excluding carboxylic acids is 1. The standard InChI is InChI=1S/C29H31F3N6O2S/c1-36-38(15-29(40)7-3-8-29)26-22(35)11-20(24(31)25(26)32)27-19(16-5-6-17(13-33)21(30)10-16)12-23(41-27)28(39)37-9-2-4-18(34)14-37/h5-6,10-12,18,36,40H,2-4,7-9,14-15,34-35H2,1H3. The molecule has 2 fully saturated rings. The monoisotopic (exact) mass is 584 g/mol. The number of halogens is 3. The summed E-state index contributed by atoms with van der Waals surface area (Å²) in [4.78, 5) is 15.5. The van der Waals surface area contributed by atoms with E-state index in [-0.39, 0.29) is 56.3 Å². The molecule has 3 aromatic rings. The fraction of sp³-hybridized carbons (Fsp3) is 0.379. The maximum Gasteiger partial charge on any atom is 0.264 e. The van der Waals surface area contributed by atoms with Crippen molar-refractivity contribution in [2.24, 2.45) is 5.73 Å². The lowest BCUT2D eigenvalue weighted by atomic mass is 9.80. The van der Waals surface area contributed by atoms with Crippen LogP contribution in [0.1, 0.15) is 47.3 Å². The number of nitrogen functional groups attached to an aromatic ring is 1. The number of thiophene rings is 1. The van der Waals surface area contributed by atoms with Gasteiger partial charge in [-0.05, 0) is 61.9 Å². The number of carbonyl (C=O) groups is 1. The number of nitrogens with two attached hydrogens (primary N) is 2. The number of rotatable bonds is 7. The molecular formula is C29H31F3N6O2S. The van der Waals surface area contributed by atoms with Crippen molar-refractivity contribution >= 4 is 28.6 Å². The smallest absolute Gasteiger partial charge is 0.264 e. The predicted octanol–water partition coefficient (Wildman–Crippen LogP) is 4.37. The van der Waals surface area contributed by atoms with Crippen LogP contribution in [0.25, 0.3) is 21.6 Å². The third-order valence-corrected chi connectivity index (χ3v) is 8.98. The Kier molecular flexibility index (Phi) is 7.98. The lowest BCUT2D eigenvalue weighted by Crippen LogP contribution is -2.52. The van der Waals surface area contributed by atoms with E-state index in [4.69, 9.17) is 16.7 Å². The molecule has 0 spiro atoms. The molecule has 41 heavy (non-hydrogen) atoms. The molecule has 1 aliphatic heterocycles. The molecule has 1 saturated heterocycles. The highest BCUT2D eigenvalue weighted by Crippen LogP contribution is 2.45. The van der Waals surface area contributed by atoms with Gasteiger partial charge in [0.05, 0.1) is 28.3 Å². The Labute approximate surface area is 239 Å². The maximum atomic E-state index is 15.9. The number of anilines is 2. The number of hydrogen-bond acceptors (Lipinski definition) is 8. The zero-order valence-corrected chi connectivity index (χ0v) is 23.3. The van der Waals surface area contributed by atoms with Gasteiger partial charge in [0.25, 0.3) is 5.91 Å². The summed E-state index contributed by atoms with van der Waals surface area (Å²) in [6.45, 7) is 0.885. The molecule has 2 aromatic carbocycles. The zero-order chi connectivity index (χ0) is 29.5. The summed E-state index contributed by atoms with van der Waals surface area (Å²) in [7, 11) is 1.52. The van der Waals surface area contributed by atoms with Gasteiger partial charge in [-0.1, -0.05) is 6.07 Å². The van der Waals surface area contributed by atoms with Crippen LogP contribution in [0.4, 0.5) is 24.5 Å². The third-order valence-electron chi connectivity index (χ3n) is 7.82. The van der Waals surface area contributed by atoms with Gasteiger partial charge in [-0.3, -0.25) is 4.79 Å². The van der Waals surface area contributed by atoms with Crippen LogP contribution in [0.3, 0.4) is 0 Å². The number of amides is 1. The van der Waals surface area contributed by atoms with Crippen LogP contribution in [0.2, 0.25) is 0 Å². The molecular weight excluding hydrogens is 553 g/mol. The van der Waals surface area contributed by atoms with E-state index >= 15 is 8.78 Å². The van der Waals surface area contributed by atoms with Crippen molar-refractivity contribution in [3.63, 3.8) is 0 Å². The van der Waals surface area contributed by atoms with Crippen LogP contribution in [-0.2, 0) is 0 Å². The largest absolute Gasteiger partial charge is 0.397 e. The van der Waals surface area contributed by atoms with E-state index in [1.54, 1.807) is 11.0 Å².